The van der Waals surface area contributed by atoms with Crippen LogP contribution < -0.4 is 10.6 Å². The lowest BCUT2D eigenvalue weighted by Gasteiger charge is -2.26. The Kier molecular flexibility index (Phi) is 3.59. The Labute approximate surface area is 125 Å². The van der Waals surface area contributed by atoms with Crippen molar-refractivity contribution in [3.8, 4) is 11.3 Å². The van der Waals surface area contributed by atoms with Crippen LogP contribution in [-0.2, 0) is 0 Å². The fourth-order valence-corrected chi connectivity index (χ4v) is 2.56. The highest BCUT2D eigenvalue weighted by Crippen LogP contribution is 2.34. The molecule has 0 bridgehead atoms. The van der Waals surface area contributed by atoms with Crippen LogP contribution in [-0.4, -0.2) is 33.7 Å². The zero-order valence-electron chi connectivity index (χ0n) is 11.6. The number of alkyl halides is 3. The summed E-state index contributed by atoms with van der Waals surface area (Å²) in [6, 6.07) is 3.62. The zero-order chi connectivity index (χ0) is 15.7. The third kappa shape index (κ3) is 2.81. The third-order valence-electron chi connectivity index (χ3n) is 3.59. The Morgan fingerprint density at radius 2 is 1.91 bits per heavy atom. The summed E-state index contributed by atoms with van der Waals surface area (Å²) in [5, 5.41) is 0. The normalized spacial score (nSPS) is 18.7. The first-order valence-electron chi connectivity index (χ1n) is 6.83. The smallest absolute Gasteiger partial charge is 0.384 e. The highest BCUT2D eigenvalue weighted by atomic mass is 19.4. The Morgan fingerprint density at radius 3 is 2.55 bits per heavy atom. The minimum atomic E-state index is -4.27. The van der Waals surface area contributed by atoms with Gasteiger partial charge in [0.15, 0.2) is 0 Å². The molecule has 2 N–H and O–H groups in total. The molecule has 0 spiro atoms. The van der Waals surface area contributed by atoms with E-state index >= 15 is 0 Å². The average molecular weight is 309 g/mol. The summed E-state index contributed by atoms with van der Waals surface area (Å²) in [7, 11) is 0. The molecule has 1 fully saturated rings. The third-order valence-corrected chi connectivity index (χ3v) is 3.59. The molecule has 2 aromatic heterocycles. The SMILES string of the molecule is Nc1cccc(-c2cnc(N3CCC[C@@H]3C(F)(F)F)nc2)n1. The number of nitrogens with zero attached hydrogens (tertiary/aromatic N) is 4. The van der Waals surface area contributed by atoms with E-state index in [1.165, 1.54) is 17.3 Å². The number of hydrogen-bond acceptors (Lipinski definition) is 5. The van der Waals surface area contributed by atoms with Gasteiger partial charge in [0.1, 0.15) is 11.9 Å². The quantitative estimate of drug-likeness (QED) is 0.923. The second-order valence-electron chi connectivity index (χ2n) is 5.11. The van der Waals surface area contributed by atoms with E-state index in [1.54, 1.807) is 18.2 Å². The lowest BCUT2D eigenvalue weighted by Crippen LogP contribution is -2.42. The highest BCUT2D eigenvalue weighted by molar-refractivity contribution is 5.59. The predicted octanol–water partition coefficient (Wildman–Crippen LogP) is 2.65. The molecule has 3 rings (SSSR count). The molecule has 0 amide bonds. The minimum Gasteiger partial charge on any atom is -0.384 e. The Balaban J connectivity index is 1.85. The maximum Gasteiger partial charge on any atom is 0.408 e. The molecule has 0 radical (unpaired) electrons. The van der Waals surface area contributed by atoms with Crippen LogP contribution in [0.1, 0.15) is 12.8 Å². The van der Waals surface area contributed by atoms with E-state index in [2.05, 4.69) is 15.0 Å². The Morgan fingerprint density at radius 1 is 1.18 bits per heavy atom. The lowest BCUT2D eigenvalue weighted by molar-refractivity contribution is -0.146. The van der Waals surface area contributed by atoms with E-state index in [-0.39, 0.29) is 12.4 Å². The number of hydrogen-bond donors (Lipinski definition) is 1. The molecule has 116 valence electrons. The minimum absolute atomic E-state index is 0.0748. The number of halogens is 3. The van der Waals surface area contributed by atoms with Gasteiger partial charge in [-0.15, -0.1) is 0 Å². The molecule has 2 aromatic rings. The maximum absolute atomic E-state index is 13.0. The van der Waals surface area contributed by atoms with Gasteiger partial charge in [-0.25, -0.2) is 15.0 Å². The van der Waals surface area contributed by atoms with E-state index in [0.29, 0.717) is 30.0 Å². The first-order chi connectivity index (χ1) is 10.4. The van der Waals surface area contributed by atoms with Crippen LogP contribution in [0.25, 0.3) is 11.3 Å². The number of rotatable bonds is 2. The van der Waals surface area contributed by atoms with Crippen molar-refractivity contribution in [2.24, 2.45) is 0 Å². The number of nitrogens with two attached hydrogens (primary N) is 1. The first kappa shape index (κ1) is 14.6. The van der Waals surface area contributed by atoms with Gasteiger partial charge in [-0.3, -0.25) is 0 Å². The van der Waals surface area contributed by atoms with Crippen LogP contribution in [0.3, 0.4) is 0 Å². The van der Waals surface area contributed by atoms with Gasteiger partial charge in [-0.05, 0) is 25.0 Å². The molecule has 5 nitrogen and oxygen atoms in total. The van der Waals surface area contributed by atoms with Crippen LogP contribution in [0.2, 0.25) is 0 Å². The molecule has 1 atom stereocenters. The molecule has 0 unspecified atom stereocenters. The molecular weight excluding hydrogens is 295 g/mol. The summed E-state index contributed by atoms with van der Waals surface area (Å²) in [6.07, 6.45) is -0.781. The maximum atomic E-state index is 13.0. The van der Waals surface area contributed by atoms with E-state index in [1.807, 2.05) is 0 Å². The molecule has 1 aliphatic heterocycles. The molecule has 0 aliphatic carbocycles. The molecule has 1 saturated heterocycles. The second kappa shape index (κ2) is 5.43. The van der Waals surface area contributed by atoms with Gasteiger partial charge in [-0.1, -0.05) is 6.07 Å². The summed E-state index contributed by atoms with van der Waals surface area (Å²) in [5.74, 6) is 0.450. The molecule has 8 heteroatoms. The lowest BCUT2D eigenvalue weighted by atomic mass is 10.2. The Bertz CT molecular complexity index is 656. The topological polar surface area (TPSA) is 67.9 Å². The number of pyridine rings is 1. The van der Waals surface area contributed by atoms with Crippen molar-refractivity contribution in [2.45, 2.75) is 25.1 Å². The van der Waals surface area contributed by atoms with Gasteiger partial charge >= 0.3 is 6.18 Å². The fraction of sp³-hybridized carbons (Fsp3) is 0.357. The summed E-state index contributed by atoms with van der Waals surface area (Å²) >= 11 is 0. The van der Waals surface area contributed by atoms with Crippen LogP contribution in [0.15, 0.2) is 30.6 Å². The van der Waals surface area contributed by atoms with Crippen LogP contribution >= 0.6 is 0 Å². The first-order valence-corrected chi connectivity index (χ1v) is 6.83. The van der Waals surface area contributed by atoms with Crippen molar-refractivity contribution in [1.29, 1.82) is 0 Å². The van der Waals surface area contributed by atoms with Crippen molar-refractivity contribution in [2.75, 3.05) is 17.2 Å². The van der Waals surface area contributed by atoms with E-state index in [0.717, 1.165) is 0 Å². The molecule has 3 heterocycles. The van der Waals surface area contributed by atoms with Gasteiger partial charge in [0.2, 0.25) is 5.95 Å². The summed E-state index contributed by atoms with van der Waals surface area (Å²) < 4.78 is 38.9. The monoisotopic (exact) mass is 309 g/mol. The van der Waals surface area contributed by atoms with Crippen molar-refractivity contribution in [3.05, 3.63) is 30.6 Å². The van der Waals surface area contributed by atoms with E-state index in [9.17, 15) is 13.2 Å². The standard InChI is InChI=1S/C14H14F3N5/c15-14(16,17)11-4-2-6-22(11)13-19-7-9(8-20-13)10-3-1-5-12(18)21-10/h1,3,5,7-8,11H,2,4,6H2,(H2,18,21)/t11-/m1/s1. The summed E-state index contributed by atoms with van der Waals surface area (Å²) in [4.78, 5) is 13.5. The van der Waals surface area contributed by atoms with Gasteiger partial charge in [-0.2, -0.15) is 13.2 Å². The number of anilines is 2. The Hall–Kier alpha value is -2.38. The van der Waals surface area contributed by atoms with Crippen LogP contribution in [0.4, 0.5) is 24.9 Å². The van der Waals surface area contributed by atoms with Gasteiger partial charge < -0.3 is 10.6 Å². The van der Waals surface area contributed by atoms with Crippen molar-refractivity contribution in [3.63, 3.8) is 0 Å². The zero-order valence-corrected chi connectivity index (χ0v) is 11.6. The summed E-state index contributed by atoms with van der Waals surface area (Å²) in [5.41, 5.74) is 6.80. The van der Waals surface area contributed by atoms with E-state index < -0.39 is 12.2 Å². The highest BCUT2D eigenvalue weighted by Gasteiger charge is 2.46. The second-order valence-corrected chi connectivity index (χ2v) is 5.11. The predicted molar refractivity (Wildman–Crippen MR) is 76.1 cm³/mol. The van der Waals surface area contributed by atoms with Crippen LogP contribution in [0, 0.1) is 0 Å². The van der Waals surface area contributed by atoms with E-state index in [4.69, 9.17) is 5.73 Å². The molecule has 1 aliphatic rings. The molecular formula is C14H14F3N5. The molecule has 0 aromatic carbocycles. The molecule has 0 saturated carbocycles. The van der Waals surface area contributed by atoms with Crippen LogP contribution in [0.5, 0.6) is 0 Å². The number of aromatic nitrogens is 3. The largest absolute Gasteiger partial charge is 0.408 e. The molecule has 22 heavy (non-hydrogen) atoms. The van der Waals surface area contributed by atoms with Gasteiger partial charge in [0.05, 0.1) is 5.69 Å². The average Bonchev–Trinajstić information content (AvgIpc) is 2.97. The van der Waals surface area contributed by atoms with Gasteiger partial charge in [0, 0.05) is 24.5 Å². The summed E-state index contributed by atoms with van der Waals surface area (Å²) in [6.45, 7) is 0.306. The fourth-order valence-electron chi connectivity index (χ4n) is 2.56. The number of nitrogen functional groups attached to an aromatic ring is 1. The van der Waals surface area contributed by atoms with Gasteiger partial charge in [0.25, 0.3) is 0 Å². The van der Waals surface area contributed by atoms with Crippen molar-refractivity contribution >= 4 is 11.8 Å². The van der Waals surface area contributed by atoms with Crippen molar-refractivity contribution < 1.29 is 13.2 Å². The van der Waals surface area contributed by atoms with Crippen molar-refractivity contribution in [1.82, 2.24) is 15.0 Å².